The standard InChI is InChI=1S/C23H29BrN4O3/c1-23(2,3)28-22(29)14-31-20-12-16(24)15(11-19(20)30-4)13-25-10-9-21-26-17-7-5-6-8-18(17)27-21/h5-8,11-12,25H,9-10,13-14H2,1-4H3,(H,26,27)(H,28,29). The molecule has 1 amide bonds. The molecule has 8 heteroatoms. The minimum Gasteiger partial charge on any atom is -0.493 e. The summed E-state index contributed by atoms with van der Waals surface area (Å²) in [7, 11) is 1.59. The minimum absolute atomic E-state index is 0.0742. The van der Waals surface area contributed by atoms with E-state index in [2.05, 4.69) is 36.5 Å². The van der Waals surface area contributed by atoms with Gasteiger partial charge in [-0.15, -0.1) is 0 Å². The van der Waals surface area contributed by atoms with Gasteiger partial charge in [0.25, 0.3) is 5.91 Å². The number of carbonyl (C=O) groups excluding carboxylic acids is 1. The van der Waals surface area contributed by atoms with Gasteiger partial charge >= 0.3 is 0 Å². The Morgan fingerprint density at radius 3 is 2.68 bits per heavy atom. The maximum atomic E-state index is 12.0. The summed E-state index contributed by atoms with van der Waals surface area (Å²) in [4.78, 5) is 20.0. The van der Waals surface area contributed by atoms with Crippen LogP contribution in [0, 0.1) is 0 Å². The zero-order chi connectivity index (χ0) is 22.4. The van der Waals surface area contributed by atoms with Crippen LogP contribution >= 0.6 is 15.9 Å². The summed E-state index contributed by atoms with van der Waals surface area (Å²) in [6, 6.07) is 11.8. The normalized spacial score (nSPS) is 11.5. The fraction of sp³-hybridized carbons (Fsp3) is 0.391. The third-order valence-corrected chi connectivity index (χ3v) is 5.24. The predicted molar refractivity (Wildman–Crippen MR) is 126 cm³/mol. The van der Waals surface area contributed by atoms with Crippen molar-refractivity contribution in [2.45, 2.75) is 39.3 Å². The molecule has 0 bridgehead atoms. The largest absolute Gasteiger partial charge is 0.493 e. The Bertz CT molecular complexity index is 1010. The van der Waals surface area contributed by atoms with E-state index >= 15 is 0 Å². The number of nitrogens with one attached hydrogen (secondary N) is 3. The number of nitrogens with zero attached hydrogens (tertiary/aromatic N) is 1. The molecule has 0 saturated heterocycles. The van der Waals surface area contributed by atoms with Crippen LogP contribution in [0.25, 0.3) is 11.0 Å². The number of hydrogen-bond donors (Lipinski definition) is 3. The third kappa shape index (κ3) is 6.70. The van der Waals surface area contributed by atoms with Crippen molar-refractivity contribution in [2.24, 2.45) is 0 Å². The van der Waals surface area contributed by atoms with E-state index in [1.54, 1.807) is 7.11 Å². The summed E-state index contributed by atoms with van der Waals surface area (Å²) in [5.41, 5.74) is 2.77. The molecule has 7 nitrogen and oxygen atoms in total. The minimum atomic E-state index is -0.303. The quantitative estimate of drug-likeness (QED) is 0.396. The monoisotopic (exact) mass is 488 g/mol. The highest BCUT2D eigenvalue weighted by molar-refractivity contribution is 9.10. The summed E-state index contributed by atoms with van der Waals surface area (Å²) in [5.74, 6) is 1.88. The first-order valence-electron chi connectivity index (χ1n) is 10.2. The van der Waals surface area contributed by atoms with E-state index in [-0.39, 0.29) is 18.1 Å². The molecule has 0 unspecified atom stereocenters. The number of H-pyrrole nitrogens is 1. The van der Waals surface area contributed by atoms with Gasteiger partial charge in [0.2, 0.25) is 0 Å². The lowest BCUT2D eigenvalue weighted by Gasteiger charge is -2.21. The first kappa shape index (κ1) is 23.1. The van der Waals surface area contributed by atoms with Gasteiger partial charge in [-0.25, -0.2) is 4.98 Å². The molecule has 0 aliphatic rings. The molecule has 1 heterocycles. The van der Waals surface area contributed by atoms with Gasteiger partial charge in [-0.2, -0.15) is 0 Å². The number of benzene rings is 2. The van der Waals surface area contributed by atoms with Crippen molar-refractivity contribution in [3.05, 3.63) is 52.3 Å². The van der Waals surface area contributed by atoms with Crippen LogP contribution in [0.4, 0.5) is 0 Å². The van der Waals surface area contributed by atoms with Crippen LogP contribution in [-0.4, -0.2) is 41.7 Å². The van der Waals surface area contributed by atoms with Crippen molar-refractivity contribution < 1.29 is 14.3 Å². The van der Waals surface area contributed by atoms with E-state index in [0.717, 1.165) is 39.9 Å². The number of aromatic nitrogens is 2. The van der Waals surface area contributed by atoms with Crippen LogP contribution in [0.5, 0.6) is 11.5 Å². The number of halogens is 1. The Labute approximate surface area is 191 Å². The second kappa shape index (κ2) is 10.2. The fourth-order valence-corrected chi connectivity index (χ4v) is 3.60. The number of ether oxygens (including phenoxy) is 2. The summed E-state index contributed by atoms with van der Waals surface area (Å²) in [6.45, 7) is 7.14. The molecular weight excluding hydrogens is 460 g/mol. The number of methoxy groups -OCH3 is 1. The van der Waals surface area contributed by atoms with Gasteiger partial charge in [-0.05, 0) is 50.6 Å². The first-order chi connectivity index (χ1) is 14.7. The van der Waals surface area contributed by atoms with Crippen molar-refractivity contribution in [3.8, 4) is 11.5 Å². The molecule has 166 valence electrons. The molecule has 0 atom stereocenters. The number of hydrogen-bond acceptors (Lipinski definition) is 5. The lowest BCUT2D eigenvalue weighted by molar-refractivity contribution is -0.124. The number of aromatic amines is 1. The van der Waals surface area contributed by atoms with E-state index in [4.69, 9.17) is 9.47 Å². The van der Waals surface area contributed by atoms with E-state index < -0.39 is 0 Å². The maximum absolute atomic E-state index is 12.0. The molecule has 1 aromatic heterocycles. The maximum Gasteiger partial charge on any atom is 0.258 e. The van der Waals surface area contributed by atoms with Crippen LogP contribution in [0.2, 0.25) is 0 Å². The number of para-hydroxylation sites is 2. The molecular formula is C23H29BrN4O3. The Kier molecular flexibility index (Phi) is 7.56. The smallest absolute Gasteiger partial charge is 0.258 e. The number of fused-ring (bicyclic) bond motifs is 1. The summed E-state index contributed by atoms with van der Waals surface area (Å²) in [6.07, 6.45) is 0.799. The van der Waals surface area contributed by atoms with Crippen molar-refractivity contribution >= 4 is 32.9 Å². The molecule has 31 heavy (non-hydrogen) atoms. The third-order valence-electron chi connectivity index (χ3n) is 4.50. The van der Waals surface area contributed by atoms with Crippen LogP contribution in [0.15, 0.2) is 40.9 Å². The summed E-state index contributed by atoms with van der Waals surface area (Å²) < 4.78 is 12.0. The summed E-state index contributed by atoms with van der Waals surface area (Å²) >= 11 is 3.59. The van der Waals surface area contributed by atoms with Gasteiger partial charge in [0.15, 0.2) is 18.1 Å². The van der Waals surface area contributed by atoms with E-state index in [9.17, 15) is 4.79 Å². The molecule has 0 spiro atoms. The van der Waals surface area contributed by atoms with Gasteiger partial charge < -0.3 is 25.1 Å². The van der Waals surface area contributed by atoms with Gasteiger partial charge in [0.1, 0.15) is 5.82 Å². The molecule has 0 saturated carbocycles. The lowest BCUT2D eigenvalue weighted by Crippen LogP contribution is -2.43. The molecule has 3 aromatic rings. The lowest BCUT2D eigenvalue weighted by atomic mass is 10.1. The molecule has 0 fully saturated rings. The SMILES string of the molecule is COc1cc(CNCCc2nc3ccccc3[nH]2)c(Br)cc1OCC(=O)NC(C)(C)C. The Balaban J connectivity index is 1.54. The molecule has 3 rings (SSSR count). The van der Waals surface area contributed by atoms with Gasteiger partial charge in [-0.1, -0.05) is 28.1 Å². The zero-order valence-electron chi connectivity index (χ0n) is 18.3. The van der Waals surface area contributed by atoms with Crippen LogP contribution in [-0.2, 0) is 17.8 Å². The van der Waals surface area contributed by atoms with Gasteiger partial charge in [0.05, 0.1) is 18.1 Å². The van der Waals surface area contributed by atoms with Crippen molar-refractivity contribution in [3.63, 3.8) is 0 Å². The van der Waals surface area contributed by atoms with Crippen LogP contribution in [0.3, 0.4) is 0 Å². The van der Waals surface area contributed by atoms with Gasteiger partial charge in [0, 0.05) is 29.5 Å². The van der Waals surface area contributed by atoms with Gasteiger partial charge in [-0.3, -0.25) is 4.79 Å². The molecule has 2 aromatic carbocycles. The second-order valence-electron chi connectivity index (χ2n) is 8.31. The van der Waals surface area contributed by atoms with Crippen molar-refractivity contribution in [2.75, 3.05) is 20.3 Å². The number of carbonyl (C=O) groups is 1. The molecule has 0 aliphatic carbocycles. The average molecular weight is 489 g/mol. The predicted octanol–water partition coefficient (Wildman–Crippen LogP) is 3.96. The van der Waals surface area contributed by atoms with Crippen molar-refractivity contribution in [1.82, 2.24) is 20.6 Å². The molecule has 0 aliphatic heterocycles. The van der Waals surface area contributed by atoms with Crippen molar-refractivity contribution in [1.29, 1.82) is 0 Å². The Morgan fingerprint density at radius 1 is 1.19 bits per heavy atom. The average Bonchev–Trinajstić information content (AvgIpc) is 3.12. The zero-order valence-corrected chi connectivity index (χ0v) is 19.9. The van der Waals surface area contributed by atoms with E-state index in [0.29, 0.717) is 18.0 Å². The fourth-order valence-electron chi connectivity index (χ4n) is 3.14. The molecule has 0 radical (unpaired) electrons. The van der Waals surface area contributed by atoms with Crippen LogP contribution < -0.4 is 20.1 Å². The number of imidazole rings is 1. The highest BCUT2D eigenvalue weighted by atomic mass is 79.9. The number of rotatable bonds is 9. The summed E-state index contributed by atoms with van der Waals surface area (Å²) in [5, 5.41) is 6.31. The topological polar surface area (TPSA) is 88.3 Å². The van der Waals surface area contributed by atoms with E-state index in [1.165, 1.54) is 0 Å². The highest BCUT2D eigenvalue weighted by Crippen LogP contribution is 2.33. The Morgan fingerprint density at radius 2 is 1.97 bits per heavy atom. The first-order valence-corrected chi connectivity index (χ1v) is 11.0. The van der Waals surface area contributed by atoms with E-state index in [1.807, 2.05) is 57.2 Å². The number of amides is 1. The van der Waals surface area contributed by atoms with Crippen LogP contribution in [0.1, 0.15) is 32.2 Å². The second-order valence-corrected chi connectivity index (χ2v) is 9.16. The highest BCUT2D eigenvalue weighted by Gasteiger charge is 2.16. The Hall–Kier alpha value is -2.58. The molecule has 3 N–H and O–H groups in total.